The van der Waals surface area contributed by atoms with Gasteiger partial charge in [-0.3, -0.25) is 9.34 Å². The number of hydrogen-bond donors (Lipinski definition) is 0. The van der Waals surface area contributed by atoms with Crippen LogP contribution in [-0.4, -0.2) is 35.5 Å². The summed E-state index contributed by atoms with van der Waals surface area (Å²) < 4.78 is 5.31. The Bertz CT molecular complexity index is 316. The van der Waals surface area contributed by atoms with E-state index < -0.39 is 0 Å². The molecule has 94 valence electrons. The van der Waals surface area contributed by atoms with E-state index in [2.05, 4.69) is 53.5 Å². The molecule has 1 unspecified atom stereocenters. The second-order valence-corrected chi connectivity index (χ2v) is 6.65. The average Bonchev–Trinajstić information content (AvgIpc) is 2.90. The van der Waals surface area contributed by atoms with Gasteiger partial charge in [-0.2, -0.15) is 0 Å². The fourth-order valence-corrected chi connectivity index (χ4v) is 5.10. The first-order valence-corrected chi connectivity index (χ1v) is 7.96. The van der Waals surface area contributed by atoms with Crippen molar-refractivity contribution in [3.8, 4) is 0 Å². The van der Waals surface area contributed by atoms with Gasteiger partial charge in [0.1, 0.15) is 0 Å². The van der Waals surface area contributed by atoms with Gasteiger partial charge in [-0.05, 0) is 12.8 Å². The van der Waals surface area contributed by atoms with Gasteiger partial charge in [-0.25, -0.2) is 0 Å². The van der Waals surface area contributed by atoms with Crippen molar-refractivity contribution in [3.63, 3.8) is 0 Å². The quantitative estimate of drug-likeness (QED) is 0.741. The monoisotopic (exact) mass is 250 g/mol. The SMILES string of the molecule is CCN(CC)P(c1ccccc1)N1CCCC1. The van der Waals surface area contributed by atoms with Gasteiger partial charge in [0.2, 0.25) is 0 Å². The lowest BCUT2D eigenvalue weighted by Gasteiger charge is -2.36. The first kappa shape index (κ1) is 13.0. The van der Waals surface area contributed by atoms with E-state index in [1.807, 2.05) is 0 Å². The van der Waals surface area contributed by atoms with E-state index >= 15 is 0 Å². The first-order chi connectivity index (χ1) is 8.36. The molecule has 1 atom stereocenters. The van der Waals surface area contributed by atoms with Gasteiger partial charge >= 0.3 is 0 Å². The predicted octanol–water partition coefficient (Wildman–Crippen LogP) is 3.06. The molecule has 0 aliphatic carbocycles. The summed E-state index contributed by atoms with van der Waals surface area (Å²) in [5.74, 6) is 0. The molecule has 0 bridgehead atoms. The molecule has 3 heteroatoms. The van der Waals surface area contributed by atoms with E-state index in [9.17, 15) is 0 Å². The van der Waals surface area contributed by atoms with Crippen LogP contribution in [0.15, 0.2) is 30.3 Å². The summed E-state index contributed by atoms with van der Waals surface area (Å²) in [5, 5.41) is 1.51. The molecule has 2 rings (SSSR count). The highest BCUT2D eigenvalue weighted by molar-refractivity contribution is 7.61. The number of benzene rings is 1. The van der Waals surface area contributed by atoms with Crippen molar-refractivity contribution < 1.29 is 0 Å². The van der Waals surface area contributed by atoms with Gasteiger partial charge in [-0.1, -0.05) is 44.2 Å². The standard InChI is InChI=1S/C14H23N2P/c1-3-15(4-2)17(16-12-8-9-13-16)14-10-6-5-7-11-14/h5-7,10-11H,3-4,8-9,12-13H2,1-2H3. The summed E-state index contributed by atoms with van der Waals surface area (Å²) in [4.78, 5) is 0. The lowest BCUT2D eigenvalue weighted by atomic mass is 10.4. The minimum atomic E-state index is -0.254. The summed E-state index contributed by atoms with van der Waals surface area (Å²) in [7, 11) is -0.254. The largest absolute Gasteiger partial charge is 0.267 e. The Morgan fingerprint density at radius 1 is 1.06 bits per heavy atom. The van der Waals surface area contributed by atoms with Crippen LogP contribution in [-0.2, 0) is 0 Å². The Morgan fingerprint density at radius 2 is 1.65 bits per heavy atom. The Balaban J connectivity index is 2.22. The van der Waals surface area contributed by atoms with E-state index in [-0.39, 0.29) is 8.22 Å². The predicted molar refractivity (Wildman–Crippen MR) is 76.7 cm³/mol. The van der Waals surface area contributed by atoms with Crippen molar-refractivity contribution in [2.45, 2.75) is 26.7 Å². The molecule has 17 heavy (non-hydrogen) atoms. The molecular formula is C14H23N2P. The molecule has 0 radical (unpaired) electrons. The first-order valence-electron chi connectivity index (χ1n) is 6.71. The molecule has 0 spiro atoms. The highest BCUT2D eigenvalue weighted by Gasteiger charge is 2.27. The molecule has 1 saturated heterocycles. The molecule has 1 aromatic rings. The van der Waals surface area contributed by atoms with Crippen molar-refractivity contribution in [1.29, 1.82) is 0 Å². The third kappa shape index (κ3) is 3.07. The number of hydrogen-bond acceptors (Lipinski definition) is 2. The zero-order valence-electron chi connectivity index (χ0n) is 11.0. The summed E-state index contributed by atoms with van der Waals surface area (Å²) in [6, 6.07) is 11.0. The van der Waals surface area contributed by atoms with Crippen molar-refractivity contribution in [1.82, 2.24) is 9.34 Å². The smallest absolute Gasteiger partial charge is 0.0724 e. The molecule has 1 heterocycles. The van der Waals surface area contributed by atoms with Crippen LogP contribution < -0.4 is 5.30 Å². The topological polar surface area (TPSA) is 6.48 Å². The van der Waals surface area contributed by atoms with Crippen LogP contribution in [0, 0.1) is 0 Å². The Hall–Kier alpha value is -0.430. The normalized spacial score (nSPS) is 18.8. The molecule has 0 aromatic heterocycles. The van der Waals surface area contributed by atoms with Crippen molar-refractivity contribution in [2.24, 2.45) is 0 Å². The molecule has 1 fully saturated rings. The van der Waals surface area contributed by atoms with Crippen molar-refractivity contribution >= 4 is 13.5 Å². The van der Waals surface area contributed by atoms with E-state index in [0.717, 1.165) is 13.1 Å². The zero-order chi connectivity index (χ0) is 12.1. The zero-order valence-corrected chi connectivity index (χ0v) is 11.9. The van der Waals surface area contributed by atoms with Crippen molar-refractivity contribution in [3.05, 3.63) is 30.3 Å². The Morgan fingerprint density at radius 3 is 2.18 bits per heavy atom. The molecule has 1 aliphatic rings. The van der Waals surface area contributed by atoms with E-state index in [4.69, 9.17) is 0 Å². The maximum atomic E-state index is 2.69. The van der Waals surface area contributed by atoms with Crippen LogP contribution in [0.3, 0.4) is 0 Å². The molecule has 0 N–H and O–H groups in total. The second-order valence-electron chi connectivity index (χ2n) is 4.42. The lowest BCUT2D eigenvalue weighted by Crippen LogP contribution is -2.32. The molecule has 1 aliphatic heterocycles. The number of rotatable bonds is 5. The molecule has 0 amide bonds. The van der Waals surface area contributed by atoms with Crippen LogP contribution in [0.5, 0.6) is 0 Å². The molecule has 0 saturated carbocycles. The van der Waals surface area contributed by atoms with E-state index in [1.165, 1.54) is 31.2 Å². The fraction of sp³-hybridized carbons (Fsp3) is 0.571. The van der Waals surface area contributed by atoms with Gasteiger partial charge in [0.15, 0.2) is 0 Å². The minimum absolute atomic E-state index is 0.254. The maximum absolute atomic E-state index is 2.69. The van der Waals surface area contributed by atoms with Gasteiger partial charge < -0.3 is 0 Å². The summed E-state index contributed by atoms with van der Waals surface area (Å²) >= 11 is 0. The fourth-order valence-electron chi connectivity index (χ4n) is 2.45. The average molecular weight is 250 g/mol. The van der Waals surface area contributed by atoms with Crippen LogP contribution in [0.4, 0.5) is 0 Å². The Kier molecular flexibility index (Phi) is 4.97. The number of nitrogens with zero attached hydrogens (tertiary/aromatic N) is 2. The summed E-state index contributed by atoms with van der Waals surface area (Å²) in [6.45, 7) is 9.39. The van der Waals surface area contributed by atoms with Gasteiger partial charge in [0, 0.05) is 31.5 Å². The highest BCUT2D eigenvalue weighted by Crippen LogP contribution is 2.44. The molecular weight excluding hydrogens is 227 g/mol. The van der Waals surface area contributed by atoms with Gasteiger partial charge in [0.05, 0.1) is 8.22 Å². The third-order valence-electron chi connectivity index (χ3n) is 3.34. The van der Waals surface area contributed by atoms with Crippen LogP contribution in [0.2, 0.25) is 0 Å². The highest BCUT2D eigenvalue weighted by atomic mass is 31.1. The third-order valence-corrected chi connectivity index (χ3v) is 6.13. The summed E-state index contributed by atoms with van der Waals surface area (Å²) in [6.07, 6.45) is 2.74. The molecule has 1 aromatic carbocycles. The minimum Gasteiger partial charge on any atom is -0.267 e. The van der Waals surface area contributed by atoms with Crippen LogP contribution in [0.25, 0.3) is 0 Å². The van der Waals surface area contributed by atoms with Gasteiger partial charge in [0.25, 0.3) is 0 Å². The van der Waals surface area contributed by atoms with Crippen LogP contribution in [0.1, 0.15) is 26.7 Å². The van der Waals surface area contributed by atoms with Crippen LogP contribution >= 0.6 is 8.22 Å². The van der Waals surface area contributed by atoms with Gasteiger partial charge in [-0.15, -0.1) is 0 Å². The second kappa shape index (κ2) is 6.49. The molecule has 2 nitrogen and oxygen atoms in total. The Labute approximate surface area is 106 Å². The van der Waals surface area contributed by atoms with E-state index in [0.29, 0.717) is 0 Å². The lowest BCUT2D eigenvalue weighted by molar-refractivity contribution is 0.451. The van der Waals surface area contributed by atoms with E-state index in [1.54, 1.807) is 0 Å². The van der Waals surface area contributed by atoms with Crippen molar-refractivity contribution in [2.75, 3.05) is 26.2 Å². The summed E-state index contributed by atoms with van der Waals surface area (Å²) in [5.41, 5.74) is 0. The maximum Gasteiger partial charge on any atom is 0.0724 e.